The molecule has 1 atom stereocenters. The van der Waals surface area contributed by atoms with Gasteiger partial charge in [0.05, 0.1) is 5.56 Å². The van der Waals surface area contributed by atoms with Gasteiger partial charge in [-0.1, -0.05) is 46.3 Å². The summed E-state index contributed by atoms with van der Waals surface area (Å²) >= 11 is 5.16. The van der Waals surface area contributed by atoms with Gasteiger partial charge in [0, 0.05) is 8.04 Å². The SMILES string of the molecule is O=C(OC(c1ccccc1)C(F)(F)C(=O)O)c1cc(Br)cc(I)c1. The molecule has 0 spiro atoms. The fourth-order valence-corrected chi connectivity index (χ4v) is 3.53. The van der Waals surface area contributed by atoms with Crippen molar-refractivity contribution in [1.29, 1.82) is 0 Å². The van der Waals surface area contributed by atoms with Crippen molar-refractivity contribution in [1.82, 2.24) is 0 Å². The predicted molar refractivity (Wildman–Crippen MR) is 94.0 cm³/mol. The molecule has 0 saturated heterocycles. The van der Waals surface area contributed by atoms with E-state index in [1.54, 1.807) is 12.1 Å². The van der Waals surface area contributed by atoms with Gasteiger partial charge in [0.1, 0.15) is 0 Å². The summed E-state index contributed by atoms with van der Waals surface area (Å²) in [6.07, 6.45) is -2.24. The molecule has 2 aromatic rings. The topological polar surface area (TPSA) is 63.6 Å². The number of hydrogen-bond donors (Lipinski definition) is 1. The highest BCUT2D eigenvalue weighted by Gasteiger charge is 2.51. The Balaban J connectivity index is 2.38. The minimum atomic E-state index is -4.27. The zero-order valence-corrected chi connectivity index (χ0v) is 15.6. The summed E-state index contributed by atoms with van der Waals surface area (Å²) in [5.41, 5.74) is -0.0705. The minimum absolute atomic E-state index is 0.0379. The molecule has 2 rings (SSSR count). The van der Waals surface area contributed by atoms with Gasteiger partial charge in [-0.25, -0.2) is 9.59 Å². The van der Waals surface area contributed by atoms with Gasteiger partial charge in [0.15, 0.2) is 0 Å². The van der Waals surface area contributed by atoms with Crippen LogP contribution in [0.15, 0.2) is 53.0 Å². The highest BCUT2D eigenvalue weighted by Crippen LogP contribution is 2.36. The monoisotopic (exact) mass is 510 g/mol. The number of halogens is 4. The molecule has 2 aromatic carbocycles. The Hall–Kier alpha value is -1.55. The quantitative estimate of drug-likeness (QED) is 0.469. The molecule has 0 fully saturated rings. The van der Waals surface area contributed by atoms with E-state index in [0.29, 0.717) is 8.04 Å². The first kappa shape index (κ1) is 18.8. The van der Waals surface area contributed by atoms with Crippen molar-refractivity contribution in [2.24, 2.45) is 0 Å². The summed E-state index contributed by atoms with van der Waals surface area (Å²) in [4.78, 5) is 23.1. The molecule has 0 heterocycles. The molecule has 0 bridgehead atoms. The molecule has 0 aliphatic carbocycles. The molecule has 0 aromatic heterocycles. The Kier molecular flexibility index (Phi) is 5.92. The van der Waals surface area contributed by atoms with E-state index in [4.69, 9.17) is 9.84 Å². The molecule has 0 radical (unpaired) electrons. The molecule has 1 N–H and O–H groups in total. The molecule has 0 aliphatic heterocycles. The van der Waals surface area contributed by atoms with Gasteiger partial charge in [0.25, 0.3) is 0 Å². The third-order valence-corrected chi connectivity index (χ3v) is 4.12. The Labute approximate surface area is 158 Å². The molecule has 8 heteroatoms. The van der Waals surface area contributed by atoms with Crippen molar-refractivity contribution in [2.45, 2.75) is 12.0 Å². The number of carboxylic acids is 1. The standard InChI is InChI=1S/C16H10BrF2IO4/c17-11-6-10(7-12(20)8-11)14(21)24-13(16(18,19)15(22)23)9-4-2-1-3-5-9/h1-8,13H,(H,22,23). The summed E-state index contributed by atoms with van der Waals surface area (Å²) in [6.45, 7) is 0. The van der Waals surface area contributed by atoms with Gasteiger partial charge in [-0.2, -0.15) is 8.78 Å². The van der Waals surface area contributed by atoms with Crippen molar-refractivity contribution < 1.29 is 28.2 Å². The van der Waals surface area contributed by atoms with Gasteiger partial charge in [-0.05, 0) is 46.4 Å². The molecular formula is C16H10BrF2IO4. The van der Waals surface area contributed by atoms with Gasteiger partial charge >= 0.3 is 17.9 Å². The third-order valence-electron chi connectivity index (χ3n) is 3.04. The maximum atomic E-state index is 14.0. The van der Waals surface area contributed by atoms with E-state index < -0.39 is 24.0 Å². The number of hydrogen-bond acceptors (Lipinski definition) is 3. The van der Waals surface area contributed by atoms with E-state index in [1.807, 2.05) is 22.6 Å². The normalized spacial score (nSPS) is 12.5. The van der Waals surface area contributed by atoms with Crippen LogP contribution >= 0.6 is 38.5 Å². The zero-order chi connectivity index (χ0) is 17.9. The van der Waals surface area contributed by atoms with E-state index >= 15 is 0 Å². The van der Waals surface area contributed by atoms with E-state index in [9.17, 15) is 18.4 Å². The van der Waals surface area contributed by atoms with E-state index in [-0.39, 0.29) is 11.1 Å². The second kappa shape index (κ2) is 7.56. The molecule has 1 unspecified atom stereocenters. The fourth-order valence-electron chi connectivity index (χ4n) is 1.94. The number of carbonyl (C=O) groups is 2. The highest BCUT2D eigenvalue weighted by atomic mass is 127. The number of aliphatic carboxylic acids is 1. The Bertz CT molecular complexity index is 748. The van der Waals surface area contributed by atoms with Crippen LogP contribution in [0.3, 0.4) is 0 Å². The van der Waals surface area contributed by atoms with Crippen LogP contribution < -0.4 is 0 Å². The molecule has 4 nitrogen and oxygen atoms in total. The summed E-state index contributed by atoms with van der Waals surface area (Å²) in [7, 11) is 0. The van der Waals surface area contributed by atoms with Crippen molar-refractivity contribution in [3.63, 3.8) is 0 Å². The van der Waals surface area contributed by atoms with Crippen LogP contribution in [-0.4, -0.2) is 23.0 Å². The van der Waals surface area contributed by atoms with Crippen molar-refractivity contribution in [3.05, 3.63) is 67.7 Å². The molecule has 126 valence electrons. The van der Waals surface area contributed by atoms with Crippen molar-refractivity contribution in [3.8, 4) is 0 Å². The highest BCUT2D eigenvalue weighted by molar-refractivity contribution is 14.1. The van der Waals surface area contributed by atoms with Crippen molar-refractivity contribution >= 4 is 50.5 Å². The average molecular weight is 511 g/mol. The van der Waals surface area contributed by atoms with Crippen LogP contribution in [0.4, 0.5) is 8.78 Å². The number of alkyl halides is 2. The lowest BCUT2D eigenvalue weighted by molar-refractivity contribution is -0.183. The minimum Gasteiger partial charge on any atom is -0.477 e. The number of carbonyl (C=O) groups excluding carboxylic acids is 1. The second-order valence-electron chi connectivity index (χ2n) is 4.78. The van der Waals surface area contributed by atoms with Crippen LogP contribution in [0, 0.1) is 3.57 Å². The van der Waals surface area contributed by atoms with Crippen LogP contribution in [0.2, 0.25) is 0 Å². The lowest BCUT2D eigenvalue weighted by atomic mass is 10.0. The first-order chi connectivity index (χ1) is 11.2. The third kappa shape index (κ3) is 4.29. The molecule has 0 saturated carbocycles. The fraction of sp³-hybridized carbons (Fsp3) is 0.125. The average Bonchev–Trinajstić information content (AvgIpc) is 2.51. The second-order valence-corrected chi connectivity index (χ2v) is 6.94. The summed E-state index contributed by atoms with van der Waals surface area (Å²) < 4.78 is 34.2. The number of carboxylic acid groups (broad SMARTS) is 1. The molecular weight excluding hydrogens is 501 g/mol. The van der Waals surface area contributed by atoms with Gasteiger partial charge in [-0.15, -0.1) is 0 Å². The maximum Gasteiger partial charge on any atom is 0.382 e. The largest absolute Gasteiger partial charge is 0.477 e. The molecule has 0 aliphatic rings. The Morgan fingerprint density at radius 1 is 1.17 bits per heavy atom. The molecule has 24 heavy (non-hydrogen) atoms. The van der Waals surface area contributed by atoms with Crippen LogP contribution in [0.25, 0.3) is 0 Å². The van der Waals surface area contributed by atoms with Gasteiger partial charge in [0.2, 0.25) is 6.10 Å². The smallest absolute Gasteiger partial charge is 0.382 e. The van der Waals surface area contributed by atoms with E-state index in [0.717, 1.165) is 0 Å². The van der Waals surface area contributed by atoms with Crippen LogP contribution in [0.1, 0.15) is 22.0 Å². The number of rotatable bonds is 5. The van der Waals surface area contributed by atoms with E-state index in [2.05, 4.69) is 15.9 Å². The van der Waals surface area contributed by atoms with E-state index in [1.165, 1.54) is 36.4 Å². The summed E-state index contributed by atoms with van der Waals surface area (Å²) in [6, 6.07) is 11.6. The van der Waals surface area contributed by atoms with Gasteiger partial charge in [-0.3, -0.25) is 0 Å². The summed E-state index contributed by atoms with van der Waals surface area (Å²) in [5.74, 6) is -7.67. The predicted octanol–water partition coefficient (Wildman–Crippen LogP) is 4.67. The summed E-state index contributed by atoms with van der Waals surface area (Å²) in [5, 5.41) is 8.79. The Morgan fingerprint density at radius 2 is 1.79 bits per heavy atom. The lowest BCUT2D eigenvalue weighted by Crippen LogP contribution is -2.38. The number of benzene rings is 2. The first-order valence-corrected chi connectivity index (χ1v) is 8.42. The number of esters is 1. The zero-order valence-electron chi connectivity index (χ0n) is 11.9. The van der Waals surface area contributed by atoms with Gasteiger partial charge < -0.3 is 9.84 Å². The Morgan fingerprint density at radius 3 is 2.33 bits per heavy atom. The first-order valence-electron chi connectivity index (χ1n) is 6.55. The van der Waals surface area contributed by atoms with Crippen LogP contribution in [-0.2, 0) is 9.53 Å². The maximum absolute atomic E-state index is 14.0. The van der Waals surface area contributed by atoms with Crippen molar-refractivity contribution in [2.75, 3.05) is 0 Å². The lowest BCUT2D eigenvalue weighted by Gasteiger charge is -2.24. The molecule has 0 amide bonds. The number of ether oxygens (including phenoxy) is 1. The van der Waals surface area contributed by atoms with Crippen LogP contribution in [0.5, 0.6) is 0 Å².